The van der Waals surface area contributed by atoms with Crippen molar-refractivity contribution < 1.29 is 17.6 Å². The predicted molar refractivity (Wildman–Crippen MR) is 115 cm³/mol. The van der Waals surface area contributed by atoms with Crippen molar-refractivity contribution in [2.45, 2.75) is 18.2 Å². The van der Waals surface area contributed by atoms with Gasteiger partial charge in [0.15, 0.2) is 0 Å². The van der Waals surface area contributed by atoms with E-state index in [0.717, 1.165) is 22.3 Å². The highest BCUT2D eigenvalue weighted by Crippen LogP contribution is 2.29. The van der Waals surface area contributed by atoms with Gasteiger partial charge in [0.05, 0.1) is 16.3 Å². The molecule has 0 spiro atoms. The van der Waals surface area contributed by atoms with Crippen LogP contribution in [0.2, 0.25) is 0 Å². The van der Waals surface area contributed by atoms with Gasteiger partial charge in [-0.1, -0.05) is 25.1 Å². The number of nitrogens with zero attached hydrogens (tertiary/aromatic N) is 1. The first-order valence-corrected chi connectivity index (χ1v) is 10.6. The molecule has 1 heterocycles. The van der Waals surface area contributed by atoms with Crippen molar-refractivity contribution in [1.29, 1.82) is 0 Å². The van der Waals surface area contributed by atoms with Gasteiger partial charge < -0.3 is 14.6 Å². The first-order chi connectivity index (χ1) is 13.7. The second-order valence-electron chi connectivity index (χ2n) is 6.73. The zero-order chi connectivity index (χ0) is 21.2. The maximum Gasteiger partial charge on any atom is 0.248 e. The molecule has 0 saturated carbocycles. The number of nitrogens with one attached hydrogen (secondary N) is 1. The molecule has 0 fully saturated rings. The third kappa shape index (κ3) is 4.49. The summed E-state index contributed by atoms with van der Waals surface area (Å²) in [4.78, 5) is 14.2. The number of fused-ring (bicyclic) bond motifs is 1. The molecule has 3 rings (SSSR count). The van der Waals surface area contributed by atoms with Crippen molar-refractivity contribution in [3.63, 3.8) is 0 Å². The number of aryl methyl sites for hydroxylation is 1. The van der Waals surface area contributed by atoms with E-state index in [2.05, 4.69) is 5.32 Å². The van der Waals surface area contributed by atoms with Crippen molar-refractivity contribution in [3.8, 4) is 0 Å². The molecule has 0 aliphatic heterocycles. The number of sulfonamides is 1. The van der Waals surface area contributed by atoms with Gasteiger partial charge in [-0.2, -0.15) is 0 Å². The normalized spacial score (nSPS) is 11.9. The van der Waals surface area contributed by atoms with E-state index in [1.54, 1.807) is 31.1 Å². The summed E-state index contributed by atoms with van der Waals surface area (Å²) in [5, 5.41) is 8.88. The number of carbonyl (C=O) groups is 1. The lowest BCUT2D eigenvalue weighted by atomic mass is 10.1. The number of primary sulfonamides is 1. The highest BCUT2D eigenvalue weighted by atomic mass is 32.2. The Morgan fingerprint density at radius 1 is 1.21 bits per heavy atom. The van der Waals surface area contributed by atoms with Crippen LogP contribution in [0.4, 0.5) is 11.4 Å². The molecule has 3 N–H and O–H groups in total. The van der Waals surface area contributed by atoms with Gasteiger partial charge >= 0.3 is 0 Å². The Hall–Kier alpha value is -3.10. The van der Waals surface area contributed by atoms with Crippen LogP contribution < -0.4 is 15.4 Å². The third-order valence-corrected chi connectivity index (χ3v) is 5.38. The van der Waals surface area contributed by atoms with Crippen molar-refractivity contribution in [1.82, 2.24) is 0 Å². The number of rotatable bonds is 6. The van der Waals surface area contributed by atoms with E-state index in [0.29, 0.717) is 17.8 Å². The second-order valence-corrected chi connectivity index (χ2v) is 8.29. The highest BCUT2D eigenvalue weighted by molar-refractivity contribution is 7.89. The predicted octanol–water partition coefficient (Wildman–Crippen LogP) is 3.36. The minimum Gasteiger partial charge on any atom is -0.460 e. The Balaban J connectivity index is 1.92. The molecule has 8 heteroatoms. The summed E-state index contributed by atoms with van der Waals surface area (Å²) in [6.07, 6.45) is 3.80. The van der Waals surface area contributed by atoms with Crippen LogP contribution in [0.3, 0.4) is 0 Å². The fourth-order valence-electron chi connectivity index (χ4n) is 3.08. The van der Waals surface area contributed by atoms with Crippen molar-refractivity contribution in [3.05, 3.63) is 59.9 Å². The molecule has 29 heavy (non-hydrogen) atoms. The summed E-state index contributed by atoms with van der Waals surface area (Å²) >= 11 is 0. The van der Waals surface area contributed by atoms with Gasteiger partial charge in [-0.05, 0) is 30.3 Å². The Morgan fingerprint density at radius 3 is 2.59 bits per heavy atom. The fourth-order valence-corrected chi connectivity index (χ4v) is 3.62. The number of benzene rings is 2. The largest absolute Gasteiger partial charge is 0.460 e. The molecule has 3 aromatic rings. The molecule has 0 aliphatic rings. The summed E-state index contributed by atoms with van der Waals surface area (Å²) in [5.74, 6) is 0.396. The van der Waals surface area contributed by atoms with Crippen molar-refractivity contribution in [2.24, 2.45) is 5.14 Å². The SMILES string of the molecule is CCc1oc2ccccc2c1/C=C/C(=O)Nc1cc(S(N)(=O)=O)ccc1N(C)C. The van der Waals surface area contributed by atoms with Gasteiger partial charge in [0.1, 0.15) is 11.3 Å². The van der Waals surface area contributed by atoms with E-state index in [-0.39, 0.29) is 4.90 Å². The minimum absolute atomic E-state index is 0.0727. The molecular weight excluding hydrogens is 390 g/mol. The fraction of sp³-hybridized carbons (Fsp3) is 0.190. The van der Waals surface area contributed by atoms with Crippen LogP contribution in [0.5, 0.6) is 0 Å². The quantitative estimate of drug-likeness (QED) is 0.603. The molecule has 0 aliphatic carbocycles. The average Bonchev–Trinajstić information content (AvgIpc) is 3.03. The number of hydrogen-bond acceptors (Lipinski definition) is 5. The minimum atomic E-state index is -3.88. The van der Waals surface area contributed by atoms with E-state index in [1.807, 2.05) is 31.2 Å². The lowest BCUT2D eigenvalue weighted by Gasteiger charge is -2.18. The molecule has 0 bridgehead atoms. The molecule has 0 radical (unpaired) electrons. The van der Waals surface area contributed by atoms with Crippen LogP contribution in [0.25, 0.3) is 17.0 Å². The lowest BCUT2D eigenvalue weighted by Crippen LogP contribution is -2.17. The van der Waals surface area contributed by atoms with E-state index in [4.69, 9.17) is 9.56 Å². The summed E-state index contributed by atoms with van der Waals surface area (Å²) in [6, 6.07) is 12.0. The molecule has 152 valence electrons. The Labute approximate surface area is 169 Å². The Morgan fingerprint density at radius 2 is 1.93 bits per heavy atom. The highest BCUT2D eigenvalue weighted by Gasteiger charge is 2.14. The molecule has 1 aromatic heterocycles. The average molecular weight is 413 g/mol. The topological polar surface area (TPSA) is 106 Å². The van der Waals surface area contributed by atoms with E-state index >= 15 is 0 Å². The summed E-state index contributed by atoms with van der Waals surface area (Å²) < 4.78 is 29.1. The van der Waals surface area contributed by atoms with Crippen LogP contribution in [0.15, 0.2) is 57.9 Å². The van der Waals surface area contributed by atoms with Crippen LogP contribution >= 0.6 is 0 Å². The lowest BCUT2D eigenvalue weighted by molar-refractivity contribution is -0.111. The molecule has 1 amide bonds. The first-order valence-electron chi connectivity index (χ1n) is 9.04. The van der Waals surface area contributed by atoms with E-state index in [1.165, 1.54) is 18.2 Å². The maximum absolute atomic E-state index is 12.6. The summed E-state index contributed by atoms with van der Waals surface area (Å²) in [6.45, 7) is 1.98. The van der Waals surface area contributed by atoms with Gasteiger partial charge in [-0.15, -0.1) is 0 Å². The van der Waals surface area contributed by atoms with Crippen LogP contribution in [-0.2, 0) is 21.2 Å². The Kier molecular flexibility index (Phi) is 5.76. The monoisotopic (exact) mass is 413 g/mol. The number of nitrogens with two attached hydrogens (primary N) is 1. The van der Waals surface area contributed by atoms with Crippen LogP contribution in [0, 0.1) is 0 Å². The van der Waals surface area contributed by atoms with Crippen molar-refractivity contribution in [2.75, 3.05) is 24.3 Å². The number of carbonyl (C=O) groups excluding carboxylic acids is 1. The molecular formula is C21H23N3O4S. The van der Waals surface area contributed by atoms with Crippen LogP contribution in [-0.4, -0.2) is 28.4 Å². The molecule has 0 unspecified atom stereocenters. The smallest absolute Gasteiger partial charge is 0.248 e. The number of amides is 1. The standard InChI is InChI=1S/C21H23N3O4S/c1-4-19-16(15-7-5-6-8-20(15)28-19)10-12-21(25)23-17-13-14(29(22,26)27)9-11-18(17)24(2)3/h5-13H,4H2,1-3H3,(H,23,25)(H2,22,26,27)/b12-10+. The van der Waals surface area contributed by atoms with Crippen molar-refractivity contribution >= 4 is 44.4 Å². The van der Waals surface area contributed by atoms with E-state index in [9.17, 15) is 13.2 Å². The third-order valence-electron chi connectivity index (χ3n) is 4.47. The molecule has 0 atom stereocenters. The number of hydrogen-bond donors (Lipinski definition) is 2. The number of anilines is 2. The molecule has 7 nitrogen and oxygen atoms in total. The molecule has 0 saturated heterocycles. The second kappa shape index (κ2) is 8.10. The summed E-state index contributed by atoms with van der Waals surface area (Å²) in [7, 11) is -0.296. The number of furan rings is 1. The van der Waals surface area contributed by atoms with Gasteiger partial charge in [-0.25, -0.2) is 13.6 Å². The van der Waals surface area contributed by atoms with Gasteiger partial charge in [0.25, 0.3) is 0 Å². The zero-order valence-corrected chi connectivity index (χ0v) is 17.3. The van der Waals surface area contributed by atoms with Gasteiger partial charge in [0, 0.05) is 37.5 Å². The Bertz CT molecular complexity index is 1190. The van der Waals surface area contributed by atoms with Crippen LogP contribution in [0.1, 0.15) is 18.2 Å². The zero-order valence-electron chi connectivity index (χ0n) is 16.5. The van der Waals surface area contributed by atoms with Gasteiger partial charge in [0.2, 0.25) is 15.9 Å². The summed E-state index contributed by atoms with van der Waals surface area (Å²) in [5.41, 5.74) is 2.62. The van der Waals surface area contributed by atoms with Gasteiger partial charge in [-0.3, -0.25) is 4.79 Å². The maximum atomic E-state index is 12.6. The molecule has 2 aromatic carbocycles. The number of para-hydroxylation sites is 1. The van der Waals surface area contributed by atoms with E-state index < -0.39 is 15.9 Å². The first kappa shape index (κ1) is 20.6.